The summed E-state index contributed by atoms with van der Waals surface area (Å²) < 4.78 is 0. The number of hydrogen-bond donors (Lipinski definition) is 2. The Balaban J connectivity index is 1.60. The number of nitrogen functional groups attached to an aromatic ring is 1. The topological polar surface area (TPSA) is 67.1 Å². The number of nitrogens with zero attached hydrogens (tertiary/aromatic N) is 3. The van der Waals surface area contributed by atoms with E-state index in [-0.39, 0.29) is 0 Å². The van der Waals surface area contributed by atoms with E-state index in [9.17, 15) is 0 Å². The second-order valence-corrected chi connectivity index (χ2v) is 6.39. The summed E-state index contributed by atoms with van der Waals surface area (Å²) in [6.07, 6.45) is 2.57. The van der Waals surface area contributed by atoms with Gasteiger partial charge in [-0.1, -0.05) is 42.0 Å². The fourth-order valence-electron chi connectivity index (χ4n) is 3.19. The van der Waals surface area contributed by atoms with Gasteiger partial charge in [-0.3, -0.25) is 0 Å². The van der Waals surface area contributed by atoms with Crippen LogP contribution in [0.2, 0.25) is 0 Å². The third-order valence-electron chi connectivity index (χ3n) is 4.61. The minimum Gasteiger partial charge on any atom is -0.393 e. The Morgan fingerprint density at radius 2 is 1.76 bits per heavy atom. The fourth-order valence-corrected chi connectivity index (χ4v) is 3.19. The summed E-state index contributed by atoms with van der Waals surface area (Å²) in [7, 11) is 0. The minimum atomic E-state index is 0.586. The van der Waals surface area contributed by atoms with Gasteiger partial charge in [0.25, 0.3) is 0 Å². The molecule has 0 bridgehead atoms. The molecular formula is C20H21N5. The van der Waals surface area contributed by atoms with Crippen molar-refractivity contribution in [3.63, 3.8) is 0 Å². The largest absolute Gasteiger partial charge is 0.393 e. The minimum absolute atomic E-state index is 0.586. The van der Waals surface area contributed by atoms with Gasteiger partial charge in [-0.15, -0.1) is 0 Å². The van der Waals surface area contributed by atoms with Gasteiger partial charge in [-0.05, 0) is 36.6 Å². The van der Waals surface area contributed by atoms with Gasteiger partial charge in [0.1, 0.15) is 12.0 Å². The molecule has 0 aliphatic carbocycles. The van der Waals surface area contributed by atoms with Gasteiger partial charge in [-0.25, -0.2) is 9.97 Å². The molecule has 5 heteroatoms. The molecule has 0 amide bonds. The van der Waals surface area contributed by atoms with Crippen LogP contribution >= 0.6 is 0 Å². The number of rotatable bonds is 3. The van der Waals surface area contributed by atoms with Crippen LogP contribution < -0.4 is 16.0 Å². The number of nitrogens with one attached hydrogen (secondary N) is 1. The van der Waals surface area contributed by atoms with Crippen molar-refractivity contribution in [3.05, 3.63) is 71.5 Å². The summed E-state index contributed by atoms with van der Waals surface area (Å²) in [6.45, 7) is 3.79. The van der Waals surface area contributed by atoms with Crippen molar-refractivity contribution in [1.29, 1.82) is 0 Å². The van der Waals surface area contributed by atoms with E-state index in [1.165, 1.54) is 16.7 Å². The summed E-state index contributed by atoms with van der Waals surface area (Å²) in [5, 5.41) is 3.30. The summed E-state index contributed by atoms with van der Waals surface area (Å²) in [6, 6.07) is 16.7. The predicted molar refractivity (Wildman–Crippen MR) is 102 cm³/mol. The van der Waals surface area contributed by atoms with Crippen LogP contribution in [0.5, 0.6) is 0 Å². The molecule has 1 aliphatic rings. The van der Waals surface area contributed by atoms with Crippen molar-refractivity contribution >= 4 is 23.0 Å². The molecule has 0 atom stereocenters. The highest BCUT2D eigenvalue weighted by Gasteiger charge is 2.20. The number of anilines is 4. The van der Waals surface area contributed by atoms with Crippen LogP contribution in [0.15, 0.2) is 54.9 Å². The maximum atomic E-state index is 6.38. The summed E-state index contributed by atoms with van der Waals surface area (Å²) in [5.41, 5.74) is 11.9. The van der Waals surface area contributed by atoms with E-state index < -0.39 is 0 Å². The molecule has 3 aromatic rings. The lowest BCUT2D eigenvalue weighted by molar-refractivity contribution is 0.721. The molecule has 0 spiro atoms. The summed E-state index contributed by atoms with van der Waals surface area (Å²) in [5.74, 6) is 1.44. The molecule has 0 unspecified atom stereocenters. The van der Waals surface area contributed by atoms with Gasteiger partial charge in [0, 0.05) is 18.8 Å². The highest BCUT2D eigenvalue weighted by Crippen LogP contribution is 2.31. The second kappa shape index (κ2) is 6.43. The van der Waals surface area contributed by atoms with E-state index >= 15 is 0 Å². The average molecular weight is 331 g/mol. The van der Waals surface area contributed by atoms with Crippen molar-refractivity contribution in [3.8, 4) is 0 Å². The van der Waals surface area contributed by atoms with Gasteiger partial charge in [-0.2, -0.15) is 0 Å². The highest BCUT2D eigenvalue weighted by atomic mass is 15.2. The lowest BCUT2D eigenvalue weighted by atomic mass is 10.00. The van der Waals surface area contributed by atoms with Crippen LogP contribution in [0.1, 0.15) is 16.7 Å². The normalized spacial score (nSPS) is 13.4. The molecule has 0 fully saturated rings. The fraction of sp³-hybridized carbons (Fsp3) is 0.200. The zero-order valence-electron chi connectivity index (χ0n) is 14.2. The van der Waals surface area contributed by atoms with Crippen LogP contribution in [0.3, 0.4) is 0 Å². The van der Waals surface area contributed by atoms with E-state index in [1.807, 2.05) is 12.1 Å². The van der Waals surface area contributed by atoms with Crippen LogP contribution in [-0.2, 0) is 13.0 Å². The zero-order valence-corrected chi connectivity index (χ0v) is 14.2. The Morgan fingerprint density at radius 1 is 1.00 bits per heavy atom. The van der Waals surface area contributed by atoms with Gasteiger partial charge in [0.2, 0.25) is 0 Å². The Labute approximate surface area is 147 Å². The second-order valence-electron chi connectivity index (χ2n) is 6.39. The molecule has 0 saturated heterocycles. The maximum absolute atomic E-state index is 6.38. The lowest BCUT2D eigenvalue weighted by Gasteiger charge is -2.30. The number of nitrogens with two attached hydrogens (primary N) is 1. The smallest absolute Gasteiger partial charge is 0.159 e. The Morgan fingerprint density at radius 3 is 2.56 bits per heavy atom. The molecule has 126 valence electrons. The Hall–Kier alpha value is -3.08. The number of hydrogen-bond acceptors (Lipinski definition) is 5. The third-order valence-corrected chi connectivity index (χ3v) is 4.61. The molecular weight excluding hydrogens is 310 g/mol. The number of aryl methyl sites for hydroxylation is 1. The number of benzene rings is 2. The third kappa shape index (κ3) is 3.13. The molecule has 2 heterocycles. The summed E-state index contributed by atoms with van der Waals surface area (Å²) in [4.78, 5) is 11.0. The summed E-state index contributed by atoms with van der Waals surface area (Å²) >= 11 is 0. The van der Waals surface area contributed by atoms with E-state index in [4.69, 9.17) is 5.73 Å². The molecule has 0 saturated carbocycles. The van der Waals surface area contributed by atoms with E-state index in [0.717, 1.165) is 31.0 Å². The average Bonchev–Trinajstić information content (AvgIpc) is 2.65. The Bertz CT molecular complexity index is 889. The van der Waals surface area contributed by atoms with E-state index in [2.05, 4.69) is 63.5 Å². The zero-order chi connectivity index (χ0) is 17.2. The van der Waals surface area contributed by atoms with Crippen molar-refractivity contribution in [2.75, 3.05) is 22.5 Å². The van der Waals surface area contributed by atoms with Crippen LogP contribution in [0, 0.1) is 6.92 Å². The number of aromatic nitrogens is 2. The molecule has 25 heavy (non-hydrogen) atoms. The van der Waals surface area contributed by atoms with Crippen molar-refractivity contribution in [1.82, 2.24) is 9.97 Å². The quantitative estimate of drug-likeness (QED) is 0.766. The predicted octanol–water partition coefficient (Wildman–Crippen LogP) is 3.67. The van der Waals surface area contributed by atoms with Crippen LogP contribution in [-0.4, -0.2) is 16.5 Å². The first kappa shape index (κ1) is 15.4. The van der Waals surface area contributed by atoms with Crippen molar-refractivity contribution in [2.24, 2.45) is 0 Å². The van der Waals surface area contributed by atoms with Crippen LogP contribution in [0.25, 0.3) is 0 Å². The van der Waals surface area contributed by atoms with Gasteiger partial charge < -0.3 is 16.0 Å². The standard InChI is InChI=1S/C20H21N5/c1-14-6-8-17(9-7-14)24-19-18(21)20(23-13-22-19)25-11-10-15-4-2-3-5-16(15)12-25/h2-9,13H,10-12,21H2,1H3,(H,22,23,24). The first-order chi connectivity index (χ1) is 12.2. The molecule has 1 aromatic heterocycles. The SMILES string of the molecule is Cc1ccc(Nc2ncnc(N3CCc4ccccc4C3)c2N)cc1. The molecule has 2 aromatic carbocycles. The van der Waals surface area contributed by atoms with Gasteiger partial charge >= 0.3 is 0 Å². The molecule has 0 radical (unpaired) electrons. The van der Waals surface area contributed by atoms with Crippen molar-refractivity contribution in [2.45, 2.75) is 19.9 Å². The molecule has 1 aliphatic heterocycles. The van der Waals surface area contributed by atoms with E-state index in [1.54, 1.807) is 6.33 Å². The van der Waals surface area contributed by atoms with Gasteiger partial charge in [0.05, 0.1) is 0 Å². The lowest BCUT2D eigenvalue weighted by Crippen LogP contribution is -2.31. The molecule has 4 rings (SSSR count). The highest BCUT2D eigenvalue weighted by molar-refractivity contribution is 5.78. The van der Waals surface area contributed by atoms with E-state index in [0.29, 0.717) is 11.5 Å². The molecule has 3 N–H and O–H groups in total. The van der Waals surface area contributed by atoms with Gasteiger partial charge in [0.15, 0.2) is 11.6 Å². The monoisotopic (exact) mass is 331 g/mol. The molecule has 5 nitrogen and oxygen atoms in total. The number of fused-ring (bicyclic) bond motifs is 1. The van der Waals surface area contributed by atoms with Crippen LogP contribution in [0.4, 0.5) is 23.0 Å². The maximum Gasteiger partial charge on any atom is 0.159 e. The first-order valence-electron chi connectivity index (χ1n) is 8.46. The van der Waals surface area contributed by atoms with Crippen molar-refractivity contribution < 1.29 is 0 Å². The Kier molecular flexibility index (Phi) is 3.98. The first-order valence-corrected chi connectivity index (χ1v) is 8.46.